The van der Waals surface area contributed by atoms with Crippen LogP contribution in [0.5, 0.6) is 5.75 Å². The molecule has 1 atom stereocenters. The topological polar surface area (TPSA) is 70.7 Å². The van der Waals surface area contributed by atoms with E-state index < -0.39 is 0 Å². The summed E-state index contributed by atoms with van der Waals surface area (Å²) >= 11 is 0. The summed E-state index contributed by atoms with van der Waals surface area (Å²) in [5, 5.41) is 5.36. The first-order valence-corrected chi connectivity index (χ1v) is 9.14. The fraction of sp³-hybridized carbons (Fsp3) is 0.579. The van der Waals surface area contributed by atoms with Crippen LogP contribution in [0.3, 0.4) is 0 Å². The van der Waals surface area contributed by atoms with Crippen molar-refractivity contribution in [3.8, 4) is 5.75 Å². The lowest BCUT2D eigenvalue weighted by atomic mass is 10.0. The lowest BCUT2D eigenvalue weighted by molar-refractivity contribution is -0.121. The average molecular weight is 345 g/mol. The van der Waals surface area contributed by atoms with Crippen molar-refractivity contribution in [1.29, 1.82) is 0 Å². The molecule has 1 saturated carbocycles. The van der Waals surface area contributed by atoms with Crippen LogP contribution < -0.4 is 15.4 Å². The number of nitrogens with one attached hydrogen (secondary N) is 2. The Balaban J connectivity index is 1.53. The second-order valence-electron chi connectivity index (χ2n) is 6.91. The number of imide groups is 1. The fourth-order valence-electron chi connectivity index (χ4n) is 3.88. The first kappa shape index (κ1) is 17.7. The lowest BCUT2D eigenvalue weighted by Crippen LogP contribution is -2.46. The number of amides is 3. The van der Waals surface area contributed by atoms with E-state index in [2.05, 4.69) is 21.6 Å². The Morgan fingerprint density at radius 3 is 2.76 bits per heavy atom. The number of benzene rings is 1. The van der Waals surface area contributed by atoms with Crippen LogP contribution in [0.1, 0.15) is 50.1 Å². The van der Waals surface area contributed by atoms with Crippen molar-refractivity contribution in [2.45, 2.75) is 50.6 Å². The minimum Gasteiger partial charge on any atom is -0.497 e. The number of carbonyl (C=O) groups excluding carboxylic acids is 2. The molecular formula is C19H27N3O3. The fourth-order valence-corrected chi connectivity index (χ4v) is 3.88. The Morgan fingerprint density at radius 1 is 1.20 bits per heavy atom. The van der Waals surface area contributed by atoms with E-state index >= 15 is 0 Å². The third-order valence-corrected chi connectivity index (χ3v) is 5.13. The number of nitrogens with zero attached hydrogens (tertiary/aromatic N) is 1. The van der Waals surface area contributed by atoms with Crippen molar-refractivity contribution in [2.24, 2.45) is 0 Å². The zero-order valence-electron chi connectivity index (χ0n) is 14.8. The molecule has 6 heteroatoms. The minimum atomic E-state index is -0.367. The van der Waals surface area contributed by atoms with Gasteiger partial charge in [-0.05, 0) is 49.9 Å². The number of likely N-dealkylation sites (tertiary alicyclic amines) is 1. The Bertz CT molecular complexity index is 614. The molecule has 3 amide bonds. The number of hydrogen-bond donors (Lipinski definition) is 2. The van der Waals surface area contributed by atoms with Crippen LogP contribution in [0.4, 0.5) is 4.79 Å². The van der Waals surface area contributed by atoms with Crippen LogP contribution >= 0.6 is 0 Å². The molecule has 0 bridgehead atoms. The van der Waals surface area contributed by atoms with Gasteiger partial charge in [0.25, 0.3) is 0 Å². The van der Waals surface area contributed by atoms with Gasteiger partial charge in [-0.25, -0.2) is 4.79 Å². The van der Waals surface area contributed by atoms with Gasteiger partial charge >= 0.3 is 6.03 Å². The van der Waals surface area contributed by atoms with Crippen molar-refractivity contribution < 1.29 is 14.3 Å². The molecule has 2 fully saturated rings. The number of methoxy groups -OCH3 is 1. The van der Waals surface area contributed by atoms with Gasteiger partial charge in [-0.15, -0.1) is 0 Å². The highest BCUT2D eigenvalue weighted by molar-refractivity contribution is 5.95. The van der Waals surface area contributed by atoms with E-state index in [1.54, 1.807) is 7.11 Å². The molecule has 1 aliphatic heterocycles. The largest absolute Gasteiger partial charge is 0.497 e. The summed E-state index contributed by atoms with van der Waals surface area (Å²) in [4.78, 5) is 26.3. The third kappa shape index (κ3) is 4.72. The van der Waals surface area contributed by atoms with Crippen LogP contribution in [-0.4, -0.2) is 43.1 Å². The molecule has 0 unspecified atom stereocenters. The van der Waals surface area contributed by atoms with Crippen molar-refractivity contribution in [3.63, 3.8) is 0 Å². The second-order valence-corrected chi connectivity index (χ2v) is 6.91. The van der Waals surface area contributed by atoms with Gasteiger partial charge < -0.3 is 10.1 Å². The summed E-state index contributed by atoms with van der Waals surface area (Å²) in [5.74, 6) is 0.579. The SMILES string of the molecule is COc1cccc([C@H]2CCCN2CC(=O)NC(=O)NC2CCCC2)c1. The Morgan fingerprint density at radius 2 is 2.00 bits per heavy atom. The Kier molecular flexibility index (Phi) is 5.91. The lowest BCUT2D eigenvalue weighted by Gasteiger charge is -2.24. The maximum absolute atomic E-state index is 12.2. The van der Waals surface area contributed by atoms with Gasteiger partial charge in [-0.2, -0.15) is 0 Å². The van der Waals surface area contributed by atoms with Crippen LogP contribution in [0.15, 0.2) is 24.3 Å². The van der Waals surface area contributed by atoms with Crippen LogP contribution in [0, 0.1) is 0 Å². The zero-order chi connectivity index (χ0) is 17.6. The number of rotatable bonds is 5. The van der Waals surface area contributed by atoms with Gasteiger partial charge in [0.1, 0.15) is 5.75 Å². The van der Waals surface area contributed by atoms with Crippen molar-refractivity contribution >= 4 is 11.9 Å². The number of urea groups is 1. The highest BCUT2D eigenvalue weighted by Gasteiger charge is 2.28. The maximum atomic E-state index is 12.2. The van der Waals surface area contributed by atoms with E-state index in [4.69, 9.17) is 4.74 Å². The molecule has 1 aromatic rings. The summed E-state index contributed by atoms with van der Waals surface area (Å²) in [5.41, 5.74) is 1.15. The molecule has 1 saturated heterocycles. The normalized spacial score (nSPS) is 21.2. The van der Waals surface area contributed by atoms with Gasteiger partial charge in [0, 0.05) is 12.1 Å². The molecule has 2 N–H and O–H groups in total. The van der Waals surface area contributed by atoms with E-state index in [1.165, 1.54) is 0 Å². The summed E-state index contributed by atoms with van der Waals surface area (Å²) in [7, 11) is 1.65. The van der Waals surface area contributed by atoms with Crippen LogP contribution in [0.2, 0.25) is 0 Å². The van der Waals surface area contributed by atoms with Crippen LogP contribution in [0.25, 0.3) is 0 Å². The van der Waals surface area contributed by atoms with Gasteiger partial charge in [-0.1, -0.05) is 25.0 Å². The highest BCUT2D eigenvalue weighted by atomic mass is 16.5. The average Bonchev–Trinajstić information content (AvgIpc) is 3.26. The summed E-state index contributed by atoms with van der Waals surface area (Å²) in [6.07, 6.45) is 6.36. The monoisotopic (exact) mass is 345 g/mol. The molecule has 136 valence electrons. The maximum Gasteiger partial charge on any atom is 0.321 e. The first-order valence-electron chi connectivity index (χ1n) is 9.14. The molecule has 2 aliphatic rings. The molecule has 0 radical (unpaired) electrons. The summed E-state index contributed by atoms with van der Waals surface area (Å²) in [6, 6.07) is 8.02. The quantitative estimate of drug-likeness (QED) is 0.860. The second kappa shape index (κ2) is 8.34. The van der Waals surface area contributed by atoms with E-state index in [-0.39, 0.29) is 30.6 Å². The van der Waals surface area contributed by atoms with Gasteiger partial charge in [0.05, 0.1) is 13.7 Å². The molecule has 6 nitrogen and oxygen atoms in total. The first-order chi connectivity index (χ1) is 12.2. The van der Waals surface area contributed by atoms with Gasteiger partial charge in [-0.3, -0.25) is 15.0 Å². The Hall–Kier alpha value is -2.08. The number of ether oxygens (including phenoxy) is 1. The molecule has 0 aromatic heterocycles. The molecule has 25 heavy (non-hydrogen) atoms. The smallest absolute Gasteiger partial charge is 0.321 e. The molecule has 1 aromatic carbocycles. The Labute approximate surface area is 148 Å². The van der Waals surface area contributed by atoms with E-state index in [0.717, 1.165) is 56.4 Å². The zero-order valence-corrected chi connectivity index (χ0v) is 14.8. The van der Waals surface area contributed by atoms with Gasteiger partial charge in [0.2, 0.25) is 5.91 Å². The van der Waals surface area contributed by atoms with Gasteiger partial charge in [0.15, 0.2) is 0 Å². The predicted molar refractivity (Wildman–Crippen MR) is 95.5 cm³/mol. The predicted octanol–water partition coefficient (Wildman–Crippen LogP) is 2.60. The molecule has 1 heterocycles. The summed E-state index contributed by atoms with van der Waals surface area (Å²) < 4.78 is 5.30. The minimum absolute atomic E-state index is 0.193. The van der Waals surface area contributed by atoms with Crippen molar-refractivity contribution in [1.82, 2.24) is 15.5 Å². The molecule has 0 spiro atoms. The van der Waals surface area contributed by atoms with Crippen LogP contribution in [-0.2, 0) is 4.79 Å². The van der Waals surface area contributed by atoms with Crippen molar-refractivity contribution in [2.75, 3.05) is 20.2 Å². The molecular weight excluding hydrogens is 318 g/mol. The third-order valence-electron chi connectivity index (χ3n) is 5.13. The highest BCUT2D eigenvalue weighted by Crippen LogP contribution is 2.33. The van der Waals surface area contributed by atoms with E-state index in [0.29, 0.717) is 0 Å². The number of carbonyl (C=O) groups is 2. The van der Waals surface area contributed by atoms with E-state index in [1.807, 2.05) is 18.2 Å². The van der Waals surface area contributed by atoms with Crippen molar-refractivity contribution in [3.05, 3.63) is 29.8 Å². The standard InChI is InChI=1S/C19H27N3O3/c1-25-16-9-4-6-14(12-16)17-10-5-11-22(17)13-18(23)21-19(24)20-15-7-2-3-8-15/h4,6,9,12,15,17H,2-3,5,7-8,10-11,13H2,1H3,(H2,20,21,23,24)/t17-/m1/s1. The van der Waals surface area contributed by atoms with E-state index in [9.17, 15) is 9.59 Å². The molecule has 1 aliphatic carbocycles. The summed E-state index contributed by atoms with van der Waals surface area (Å²) in [6.45, 7) is 1.10. The number of hydrogen-bond acceptors (Lipinski definition) is 4. The molecule has 3 rings (SSSR count).